The lowest BCUT2D eigenvalue weighted by molar-refractivity contribution is -0.123. The number of rotatable bonds is 5. The summed E-state index contributed by atoms with van der Waals surface area (Å²) in [4.78, 5) is 11.5. The fourth-order valence-electron chi connectivity index (χ4n) is 1.47. The second-order valence-electron chi connectivity index (χ2n) is 4.06. The van der Waals surface area contributed by atoms with Gasteiger partial charge in [-0.15, -0.1) is 0 Å². The van der Waals surface area contributed by atoms with Crippen molar-refractivity contribution in [3.05, 3.63) is 64.4 Å². The van der Waals surface area contributed by atoms with Gasteiger partial charge in [0.2, 0.25) is 0 Å². The summed E-state index contributed by atoms with van der Waals surface area (Å²) >= 11 is 3.30. The minimum atomic E-state index is -0.425. The van der Waals surface area contributed by atoms with E-state index in [4.69, 9.17) is 4.74 Å². The molecule has 2 aromatic carbocycles. The van der Waals surface area contributed by atoms with Gasteiger partial charge in [0.15, 0.2) is 6.61 Å². The molecule has 0 radical (unpaired) electrons. The zero-order chi connectivity index (χ0) is 15.1. The molecule has 0 atom stereocenters. The lowest BCUT2D eigenvalue weighted by Gasteiger charge is -2.04. The molecular formula is C15H12BrFN2O2. The number of carbonyl (C=O) groups is 1. The minimum absolute atomic E-state index is 0.170. The average Bonchev–Trinajstić information content (AvgIpc) is 2.49. The normalized spacial score (nSPS) is 10.6. The molecule has 1 amide bonds. The molecule has 0 heterocycles. The first kappa shape index (κ1) is 15.2. The average molecular weight is 351 g/mol. The Balaban J connectivity index is 1.80. The standard InChI is InChI=1S/C15H12BrFN2O2/c16-12-5-7-13(8-6-12)21-10-15(20)19-18-9-11-3-1-2-4-14(11)17/h1-9H,10H2,(H,19,20)/b18-9+. The Morgan fingerprint density at radius 3 is 2.67 bits per heavy atom. The van der Waals surface area contributed by atoms with Crippen molar-refractivity contribution in [2.24, 2.45) is 5.10 Å². The van der Waals surface area contributed by atoms with Gasteiger partial charge in [0, 0.05) is 10.0 Å². The first-order valence-electron chi connectivity index (χ1n) is 6.10. The number of hydrogen-bond acceptors (Lipinski definition) is 3. The highest BCUT2D eigenvalue weighted by atomic mass is 79.9. The maximum absolute atomic E-state index is 13.3. The van der Waals surface area contributed by atoms with E-state index in [9.17, 15) is 9.18 Å². The molecule has 0 aliphatic heterocycles. The second-order valence-corrected chi connectivity index (χ2v) is 4.97. The van der Waals surface area contributed by atoms with Crippen LogP contribution in [0.5, 0.6) is 5.75 Å². The van der Waals surface area contributed by atoms with Crippen LogP contribution >= 0.6 is 15.9 Å². The van der Waals surface area contributed by atoms with Crippen molar-refractivity contribution >= 4 is 28.1 Å². The summed E-state index contributed by atoms with van der Waals surface area (Å²) in [6.45, 7) is -0.170. The van der Waals surface area contributed by atoms with E-state index in [-0.39, 0.29) is 6.61 Å². The number of benzene rings is 2. The number of ether oxygens (including phenoxy) is 1. The number of hydrogen-bond donors (Lipinski definition) is 1. The molecule has 4 nitrogen and oxygen atoms in total. The third-order valence-corrected chi connectivity index (χ3v) is 3.01. The monoisotopic (exact) mass is 350 g/mol. The summed E-state index contributed by atoms with van der Waals surface area (Å²) in [5, 5.41) is 3.68. The van der Waals surface area contributed by atoms with Gasteiger partial charge in [-0.25, -0.2) is 9.82 Å². The van der Waals surface area contributed by atoms with E-state index in [2.05, 4.69) is 26.5 Å². The SMILES string of the molecule is O=C(COc1ccc(Br)cc1)N/N=C/c1ccccc1F. The molecule has 21 heavy (non-hydrogen) atoms. The van der Waals surface area contributed by atoms with E-state index in [0.29, 0.717) is 11.3 Å². The van der Waals surface area contributed by atoms with Crippen LogP contribution in [0.2, 0.25) is 0 Å². The van der Waals surface area contributed by atoms with Crippen LogP contribution in [0.3, 0.4) is 0 Å². The molecular weight excluding hydrogens is 339 g/mol. The Labute approximate surface area is 129 Å². The smallest absolute Gasteiger partial charge is 0.277 e. The summed E-state index contributed by atoms with van der Waals surface area (Å²) in [7, 11) is 0. The van der Waals surface area contributed by atoms with Crippen LogP contribution in [0, 0.1) is 5.82 Å². The third kappa shape index (κ3) is 5.00. The second kappa shape index (κ2) is 7.54. The van der Waals surface area contributed by atoms with E-state index in [0.717, 1.165) is 4.47 Å². The van der Waals surface area contributed by atoms with Gasteiger partial charge >= 0.3 is 0 Å². The van der Waals surface area contributed by atoms with Crippen LogP contribution in [0.15, 0.2) is 58.1 Å². The predicted octanol–water partition coefficient (Wildman–Crippen LogP) is 3.12. The molecule has 0 fully saturated rings. The number of nitrogens with zero attached hydrogens (tertiary/aromatic N) is 1. The number of nitrogens with one attached hydrogen (secondary N) is 1. The van der Waals surface area contributed by atoms with Crippen molar-refractivity contribution in [3.63, 3.8) is 0 Å². The molecule has 2 rings (SSSR count). The van der Waals surface area contributed by atoms with E-state index >= 15 is 0 Å². The van der Waals surface area contributed by atoms with Gasteiger partial charge in [0.05, 0.1) is 6.21 Å². The van der Waals surface area contributed by atoms with Crippen molar-refractivity contribution in [1.82, 2.24) is 5.43 Å². The Morgan fingerprint density at radius 1 is 1.24 bits per heavy atom. The minimum Gasteiger partial charge on any atom is -0.484 e. The van der Waals surface area contributed by atoms with Gasteiger partial charge in [0.25, 0.3) is 5.91 Å². The van der Waals surface area contributed by atoms with Crippen molar-refractivity contribution in [2.75, 3.05) is 6.61 Å². The summed E-state index contributed by atoms with van der Waals surface area (Å²) in [5.41, 5.74) is 2.57. The highest BCUT2D eigenvalue weighted by Gasteiger charge is 2.01. The first-order valence-corrected chi connectivity index (χ1v) is 6.89. The van der Waals surface area contributed by atoms with E-state index in [1.54, 1.807) is 30.3 Å². The molecule has 1 N–H and O–H groups in total. The van der Waals surface area contributed by atoms with Gasteiger partial charge in [-0.05, 0) is 30.3 Å². The molecule has 6 heteroatoms. The molecule has 0 aliphatic carbocycles. The van der Waals surface area contributed by atoms with Crippen molar-refractivity contribution in [1.29, 1.82) is 0 Å². The third-order valence-electron chi connectivity index (χ3n) is 2.48. The molecule has 0 aromatic heterocycles. The Kier molecular flexibility index (Phi) is 5.45. The maximum Gasteiger partial charge on any atom is 0.277 e. The lowest BCUT2D eigenvalue weighted by Crippen LogP contribution is -2.24. The molecule has 0 aliphatic rings. The molecule has 0 bridgehead atoms. The van der Waals surface area contributed by atoms with E-state index in [1.807, 2.05) is 12.1 Å². The lowest BCUT2D eigenvalue weighted by atomic mass is 10.2. The van der Waals surface area contributed by atoms with E-state index < -0.39 is 11.7 Å². The zero-order valence-corrected chi connectivity index (χ0v) is 12.5. The largest absolute Gasteiger partial charge is 0.484 e. The molecule has 2 aromatic rings. The van der Waals surface area contributed by atoms with Crippen LogP contribution in [-0.4, -0.2) is 18.7 Å². The predicted molar refractivity (Wildman–Crippen MR) is 81.8 cm³/mol. The van der Waals surface area contributed by atoms with Gasteiger partial charge in [-0.2, -0.15) is 5.10 Å². The molecule has 0 unspecified atom stereocenters. The summed E-state index contributed by atoms with van der Waals surface area (Å²) < 4.78 is 19.5. The first-order chi connectivity index (χ1) is 10.1. The van der Waals surface area contributed by atoms with Gasteiger partial charge in [-0.3, -0.25) is 4.79 Å². The maximum atomic E-state index is 13.3. The molecule has 0 saturated carbocycles. The number of amides is 1. The van der Waals surface area contributed by atoms with E-state index in [1.165, 1.54) is 12.3 Å². The highest BCUT2D eigenvalue weighted by Crippen LogP contribution is 2.15. The Bertz CT molecular complexity index is 644. The fraction of sp³-hybridized carbons (Fsp3) is 0.0667. The Morgan fingerprint density at radius 2 is 1.95 bits per heavy atom. The van der Waals surface area contributed by atoms with Gasteiger partial charge in [0.1, 0.15) is 11.6 Å². The summed E-state index contributed by atoms with van der Waals surface area (Å²) in [5.74, 6) is -0.251. The number of halogens is 2. The van der Waals surface area contributed by atoms with Crippen LogP contribution in [0.25, 0.3) is 0 Å². The van der Waals surface area contributed by atoms with Crippen molar-refractivity contribution in [3.8, 4) is 5.75 Å². The quantitative estimate of drug-likeness (QED) is 0.665. The van der Waals surface area contributed by atoms with Crippen molar-refractivity contribution < 1.29 is 13.9 Å². The van der Waals surface area contributed by atoms with Crippen LogP contribution in [0.4, 0.5) is 4.39 Å². The molecule has 0 spiro atoms. The fourth-order valence-corrected chi connectivity index (χ4v) is 1.73. The van der Waals surface area contributed by atoms with Crippen molar-refractivity contribution in [2.45, 2.75) is 0 Å². The van der Waals surface area contributed by atoms with Crippen LogP contribution < -0.4 is 10.2 Å². The molecule has 108 valence electrons. The van der Waals surface area contributed by atoms with Crippen LogP contribution in [-0.2, 0) is 4.79 Å². The van der Waals surface area contributed by atoms with Gasteiger partial charge in [-0.1, -0.05) is 34.1 Å². The number of hydrazone groups is 1. The van der Waals surface area contributed by atoms with Crippen LogP contribution in [0.1, 0.15) is 5.56 Å². The topological polar surface area (TPSA) is 50.7 Å². The number of carbonyl (C=O) groups excluding carboxylic acids is 1. The Hall–Kier alpha value is -2.21. The highest BCUT2D eigenvalue weighted by molar-refractivity contribution is 9.10. The van der Waals surface area contributed by atoms with Gasteiger partial charge < -0.3 is 4.74 Å². The molecule has 0 saturated heterocycles. The zero-order valence-electron chi connectivity index (χ0n) is 10.9. The summed E-state index contributed by atoms with van der Waals surface area (Å²) in [6.07, 6.45) is 1.24. The summed E-state index contributed by atoms with van der Waals surface area (Å²) in [6, 6.07) is 13.2.